The molecule has 1 heterocycles. The Labute approximate surface area is 339 Å². The minimum Gasteiger partial charge on any atom is -0.466 e. The van der Waals surface area contributed by atoms with Crippen LogP contribution in [0.25, 0.3) is 0 Å². The van der Waals surface area contributed by atoms with Crippen LogP contribution < -0.4 is 0 Å². The van der Waals surface area contributed by atoms with Gasteiger partial charge in [-0.05, 0) is 178 Å². The van der Waals surface area contributed by atoms with Crippen molar-refractivity contribution in [3.63, 3.8) is 0 Å². The summed E-state index contributed by atoms with van der Waals surface area (Å²) in [6.07, 6.45) is 19.3. The molecular weight excluding hydrogens is 719 g/mol. The van der Waals surface area contributed by atoms with Gasteiger partial charge in [0, 0.05) is 19.1 Å². The van der Waals surface area contributed by atoms with Gasteiger partial charge in [-0.3, -0.25) is 14.4 Å². The SMILES string of the molecule is CCOC(=O)C1CC=C(C2=CC[C@]3(C)[C@H]4CC[C@@H]5C6=C(C(C)C)C(=O)C[C@]6(C(=O)CCCN6CCC(S(C)(=O)=O)CC6)CC[C@@]5(C)[C@]4(C)CC[C@H]3C2(C)C)CC1. The van der Waals surface area contributed by atoms with Gasteiger partial charge in [0.2, 0.25) is 0 Å². The predicted molar refractivity (Wildman–Crippen MR) is 223 cm³/mol. The molecule has 312 valence electrons. The van der Waals surface area contributed by atoms with Gasteiger partial charge in [-0.1, -0.05) is 60.6 Å². The number of carbonyl (C=O) groups is 3. The Morgan fingerprint density at radius 2 is 1.62 bits per heavy atom. The zero-order chi connectivity index (χ0) is 40.6. The molecular formula is C48H73NO6S. The van der Waals surface area contributed by atoms with Gasteiger partial charge in [-0.25, -0.2) is 8.42 Å². The number of nitrogens with zero attached hydrogens (tertiary/aromatic N) is 1. The average Bonchev–Trinajstić information content (AvgIpc) is 3.45. The van der Waals surface area contributed by atoms with E-state index in [0.717, 1.165) is 83.0 Å². The Hall–Kier alpha value is -2.06. The molecule has 8 heteroatoms. The van der Waals surface area contributed by atoms with Crippen LogP contribution in [0.5, 0.6) is 0 Å². The number of Topliss-reactive ketones (excluding diaryl/α,β-unsaturated/α-hetero) is 2. The van der Waals surface area contributed by atoms with Crippen molar-refractivity contribution in [1.82, 2.24) is 4.90 Å². The van der Waals surface area contributed by atoms with Crippen LogP contribution in [0.2, 0.25) is 0 Å². The quantitative estimate of drug-likeness (QED) is 0.203. The third kappa shape index (κ3) is 6.60. The van der Waals surface area contributed by atoms with Gasteiger partial charge in [-0.15, -0.1) is 0 Å². The molecule has 1 aliphatic heterocycles. The minimum absolute atomic E-state index is 0.0138. The first-order valence-electron chi connectivity index (χ1n) is 22.5. The summed E-state index contributed by atoms with van der Waals surface area (Å²) in [6.45, 7) is 21.8. The lowest BCUT2D eigenvalue weighted by Crippen LogP contribution is -2.64. The molecule has 56 heavy (non-hydrogen) atoms. The zero-order valence-electron chi connectivity index (χ0n) is 36.4. The van der Waals surface area contributed by atoms with Crippen LogP contribution in [0.15, 0.2) is 34.4 Å². The fourth-order valence-corrected chi connectivity index (χ4v) is 16.0. The molecule has 0 spiro atoms. The van der Waals surface area contributed by atoms with Crippen LogP contribution >= 0.6 is 0 Å². The third-order valence-corrected chi connectivity index (χ3v) is 19.6. The van der Waals surface area contributed by atoms with Gasteiger partial charge in [0.15, 0.2) is 5.78 Å². The van der Waals surface area contributed by atoms with E-state index in [4.69, 9.17) is 4.74 Å². The van der Waals surface area contributed by atoms with Gasteiger partial charge in [0.1, 0.15) is 15.6 Å². The van der Waals surface area contributed by atoms with Crippen molar-refractivity contribution in [1.29, 1.82) is 0 Å². The van der Waals surface area contributed by atoms with Crippen molar-refractivity contribution in [3.05, 3.63) is 34.4 Å². The lowest BCUT2D eigenvalue weighted by Gasteiger charge is -2.71. The van der Waals surface area contributed by atoms with Crippen LogP contribution in [0.3, 0.4) is 0 Å². The Bertz CT molecular complexity index is 1810. The normalized spacial score (nSPS) is 38.9. The molecule has 0 radical (unpaired) electrons. The number of ether oxygens (including phenoxy) is 1. The van der Waals surface area contributed by atoms with Gasteiger partial charge in [0.25, 0.3) is 0 Å². The van der Waals surface area contributed by atoms with Gasteiger partial charge in [-0.2, -0.15) is 0 Å². The molecule has 0 N–H and O–H groups in total. The average molecular weight is 792 g/mol. The van der Waals surface area contributed by atoms with E-state index < -0.39 is 15.3 Å². The fraction of sp³-hybridized carbons (Fsp3) is 0.812. The number of sulfone groups is 1. The first-order valence-corrected chi connectivity index (χ1v) is 24.5. The van der Waals surface area contributed by atoms with E-state index in [-0.39, 0.29) is 62.2 Å². The van der Waals surface area contributed by atoms with E-state index in [1.165, 1.54) is 35.8 Å². The second kappa shape index (κ2) is 14.9. The lowest BCUT2D eigenvalue weighted by molar-refractivity contribution is -0.199. The molecule has 4 fully saturated rings. The van der Waals surface area contributed by atoms with E-state index in [9.17, 15) is 22.8 Å². The summed E-state index contributed by atoms with van der Waals surface area (Å²) in [7, 11) is -3.01. The highest BCUT2D eigenvalue weighted by atomic mass is 32.2. The van der Waals surface area contributed by atoms with Crippen LogP contribution in [-0.4, -0.2) is 68.6 Å². The first-order chi connectivity index (χ1) is 26.2. The van der Waals surface area contributed by atoms with Crippen molar-refractivity contribution in [2.75, 3.05) is 32.5 Å². The fourth-order valence-electron chi connectivity index (χ4n) is 14.9. The number of carbonyl (C=O) groups excluding carboxylic acids is 3. The number of hydrogen-bond acceptors (Lipinski definition) is 7. The summed E-state index contributed by atoms with van der Waals surface area (Å²) in [6, 6.07) is 0. The maximum atomic E-state index is 14.7. The molecule has 7 rings (SSSR count). The van der Waals surface area contributed by atoms with Crippen molar-refractivity contribution < 1.29 is 27.5 Å². The maximum absolute atomic E-state index is 14.7. The number of likely N-dealkylation sites (tertiary alicyclic amines) is 1. The lowest BCUT2D eigenvalue weighted by atomic mass is 9.33. The van der Waals surface area contributed by atoms with E-state index >= 15 is 0 Å². The van der Waals surface area contributed by atoms with Crippen LogP contribution in [0.4, 0.5) is 0 Å². The molecule has 0 bridgehead atoms. The van der Waals surface area contributed by atoms with Crippen molar-refractivity contribution in [2.45, 2.75) is 157 Å². The highest BCUT2D eigenvalue weighted by molar-refractivity contribution is 7.91. The molecule has 1 saturated heterocycles. The number of esters is 1. The maximum Gasteiger partial charge on any atom is 0.309 e. The first kappa shape index (κ1) is 42.1. The number of fused-ring (bicyclic) bond motifs is 7. The number of allylic oxidation sites excluding steroid dienone is 6. The highest BCUT2D eigenvalue weighted by Gasteiger charge is 2.70. The van der Waals surface area contributed by atoms with Crippen molar-refractivity contribution in [3.8, 4) is 0 Å². The second-order valence-electron chi connectivity index (χ2n) is 21.2. The Balaban J connectivity index is 1.12. The molecule has 0 aromatic heterocycles. The largest absolute Gasteiger partial charge is 0.466 e. The molecule has 0 amide bonds. The topological polar surface area (TPSA) is 97.8 Å². The molecule has 6 aliphatic carbocycles. The van der Waals surface area contributed by atoms with E-state index in [1.807, 2.05) is 6.92 Å². The second-order valence-corrected chi connectivity index (χ2v) is 23.5. The Morgan fingerprint density at radius 3 is 2.25 bits per heavy atom. The number of hydrogen-bond donors (Lipinski definition) is 0. The molecule has 7 aliphatic rings. The summed E-state index contributed by atoms with van der Waals surface area (Å²) in [5, 5.41) is -0.247. The molecule has 7 nitrogen and oxygen atoms in total. The summed E-state index contributed by atoms with van der Waals surface area (Å²) in [4.78, 5) is 43.7. The zero-order valence-corrected chi connectivity index (χ0v) is 37.2. The summed E-state index contributed by atoms with van der Waals surface area (Å²) in [5.74, 6) is 1.92. The molecule has 8 atom stereocenters. The number of piperidine rings is 1. The van der Waals surface area contributed by atoms with E-state index in [0.29, 0.717) is 44.1 Å². The van der Waals surface area contributed by atoms with E-state index in [2.05, 4.69) is 65.5 Å². The van der Waals surface area contributed by atoms with Gasteiger partial charge >= 0.3 is 5.97 Å². The van der Waals surface area contributed by atoms with Gasteiger partial charge < -0.3 is 9.64 Å². The number of rotatable bonds is 10. The van der Waals surface area contributed by atoms with Crippen LogP contribution in [0.1, 0.15) is 152 Å². The smallest absolute Gasteiger partial charge is 0.309 e. The Morgan fingerprint density at radius 1 is 0.911 bits per heavy atom. The highest BCUT2D eigenvalue weighted by Crippen LogP contribution is 2.77. The monoisotopic (exact) mass is 792 g/mol. The standard InChI is InChI=1S/C48H73NO6S/c1-10-55-43(52)33-15-13-32(14-16-33)35-19-23-45(6)38(44(35,4)5)20-24-47(8)39(45)18-17-36-42-41(31(2)3)37(50)30-48(42,26-25-46(36,47)7)40(51)12-11-27-49-28-21-34(22-29-49)56(9,53)54/h13,19,31,33-34,36,38-39H,10-12,14-18,20-30H2,1-9H3/t33?,36-,38+,39-,45+,46-,47-,48+/m1/s1. The molecule has 0 aromatic carbocycles. The van der Waals surface area contributed by atoms with Crippen molar-refractivity contribution in [2.24, 2.45) is 56.7 Å². The summed E-state index contributed by atoms with van der Waals surface area (Å²) in [5.41, 5.74) is 4.87. The minimum atomic E-state index is -3.01. The van der Waals surface area contributed by atoms with Crippen LogP contribution in [-0.2, 0) is 29.0 Å². The van der Waals surface area contributed by atoms with Gasteiger partial charge in [0.05, 0.1) is 23.2 Å². The molecule has 3 saturated carbocycles. The predicted octanol–water partition coefficient (Wildman–Crippen LogP) is 9.65. The van der Waals surface area contributed by atoms with E-state index in [1.54, 1.807) is 0 Å². The third-order valence-electron chi connectivity index (χ3n) is 17.9. The summed E-state index contributed by atoms with van der Waals surface area (Å²) >= 11 is 0. The Kier molecular flexibility index (Phi) is 11.2. The van der Waals surface area contributed by atoms with Crippen LogP contribution in [0, 0.1) is 56.7 Å². The summed E-state index contributed by atoms with van der Waals surface area (Å²) < 4.78 is 29.6. The molecule has 0 aromatic rings. The van der Waals surface area contributed by atoms with Crippen molar-refractivity contribution >= 4 is 27.4 Å². The number of ketones is 2. The molecule has 1 unspecified atom stereocenters.